The summed E-state index contributed by atoms with van der Waals surface area (Å²) in [7, 11) is -2.88. The minimum absolute atomic E-state index is 0.0778. The van der Waals surface area contributed by atoms with Gasteiger partial charge in [-0.1, -0.05) is 32.1 Å². The van der Waals surface area contributed by atoms with Crippen LogP contribution in [-0.2, 0) is 27.7 Å². The molecule has 3 aromatic rings. The first-order chi connectivity index (χ1) is 16.8. The zero-order valence-electron chi connectivity index (χ0n) is 20.2. The normalized spacial score (nSPS) is 13.6. The third-order valence-electron chi connectivity index (χ3n) is 6.41. The number of halogens is 1. The fourth-order valence-electron chi connectivity index (χ4n) is 4.59. The lowest BCUT2D eigenvalue weighted by Crippen LogP contribution is -2.22. The molecule has 1 aliphatic heterocycles. The van der Waals surface area contributed by atoms with Crippen molar-refractivity contribution >= 4 is 38.7 Å². The number of esters is 1. The highest BCUT2D eigenvalue weighted by molar-refractivity contribution is 7.92. The topological polar surface area (TPSA) is 80.6 Å². The van der Waals surface area contributed by atoms with Crippen LogP contribution in [0.4, 0.5) is 10.1 Å². The van der Waals surface area contributed by atoms with Crippen LogP contribution in [0.3, 0.4) is 0 Å². The summed E-state index contributed by atoms with van der Waals surface area (Å²) in [4.78, 5) is 14.9. The highest BCUT2D eigenvalue weighted by Gasteiger charge is 2.27. The van der Waals surface area contributed by atoms with E-state index in [1.807, 2.05) is 30.6 Å². The van der Waals surface area contributed by atoms with Crippen molar-refractivity contribution in [2.75, 3.05) is 31.5 Å². The highest BCUT2D eigenvalue weighted by Crippen LogP contribution is 2.34. The Morgan fingerprint density at radius 2 is 1.97 bits per heavy atom. The molecule has 9 heteroatoms. The van der Waals surface area contributed by atoms with Crippen LogP contribution in [0.2, 0.25) is 0 Å². The van der Waals surface area contributed by atoms with Crippen LogP contribution in [0.15, 0.2) is 47.4 Å². The maximum absolute atomic E-state index is 14.0. The zero-order chi connectivity index (χ0) is 25.2. The number of hydrogen-bond donors (Lipinski definition) is 1. The number of fused-ring (bicyclic) bond motifs is 3. The van der Waals surface area contributed by atoms with Crippen LogP contribution in [0.5, 0.6) is 0 Å². The van der Waals surface area contributed by atoms with Gasteiger partial charge in [0.1, 0.15) is 11.4 Å². The second-order valence-electron chi connectivity index (χ2n) is 8.48. The molecule has 0 fully saturated rings. The Morgan fingerprint density at radius 3 is 2.69 bits per heavy atom. The van der Waals surface area contributed by atoms with E-state index in [4.69, 9.17) is 4.74 Å². The van der Waals surface area contributed by atoms with Crippen molar-refractivity contribution in [1.82, 2.24) is 9.47 Å². The molecule has 0 radical (unpaired) electrons. The Kier molecular flexibility index (Phi) is 7.28. The van der Waals surface area contributed by atoms with Gasteiger partial charge >= 0.3 is 5.97 Å². The number of ether oxygens (including phenoxy) is 1. The van der Waals surface area contributed by atoms with Gasteiger partial charge in [0.15, 0.2) is 0 Å². The van der Waals surface area contributed by atoms with E-state index >= 15 is 0 Å². The van der Waals surface area contributed by atoms with Crippen molar-refractivity contribution in [1.29, 1.82) is 0 Å². The average Bonchev–Trinajstić information content (AvgIpc) is 3.42. The number of anilines is 1. The Balaban J connectivity index is 1.75. The minimum atomic E-state index is -4.15. The number of carbonyl (C=O) groups is 1. The molecule has 35 heavy (non-hydrogen) atoms. The number of benzene rings is 2. The van der Waals surface area contributed by atoms with Gasteiger partial charge in [-0.15, -0.1) is 0 Å². The van der Waals surface area contributed by atoms with Crippen LogP contribution in [0.25, 0.3) is 17.0 Å². The number of nitrogens with zero attached hydrogens (tertiary/aromatic N) is 2. The van der Waals surface area contributed by atoms with E-state index in [0.717, 1.165) is 49.6 Å². The van der Waals surface area contributed by atoms with Crippen LogP contribution < -0.4 is 4.72 Å². The summed E-state index contributed by atoms with van der Waals surface area (Å²) in [5.74, 6) is -1.16. The molecule has 0 atom stereocenters. The van der Waals surface area contributed by atoms with Crippen LogP contribution in [0.1, 0.15) is 41.9 Å². The molecular weight excluding hydrogens is 469 g/mol. The first-order valence-electron chi connectivity index (χ1n) is 11.7. The van der Waals surface area contributed by atoms with Crippen molar-refractivity contribution < 1.29 is 22.3 Å². The number of rotatable bonds is 9. The molecule has 0 aliphatic carbocycles. The lowest BCUT2D eigenvalue weighted by Gasteiger charge is -2.16. The number of likely N-dealkylation sites (N-methyl/N-ethyl adjacent to an activating group) is 1. The quantitative estimate of drug-likeness (QED) is 0.433. The number of aryl methyl sites for hydroxylation is 2. The summed E-state index contributed by atoms with van der Waals surface area (Å²) < 4.78 is 50.6. The van der Waals surface area contributed by atoms with Gasteiger partial charge in [0.2, 0.25) is 0 Å². The molecular formula is C26H30FN3O4S. The minimum Gasteiger partial charge on any atom is -0.465 e. The van der Waals surface area contributed by atoms with Crippen molar-refractivity contribution in [3.63, 3.8) is 0 Å². The molecule has 4 rings (SSSR count). The lowest BCUT2D eigenvalue weighted by molar-refractivity contribution is 0.0603. The van der Waals surface area contributed by atoms with Crippen molar-refractivity contribution in [3.8, 4) is 0 Å². The third kappa shape index (κ3) is 4.97. The van der Waals surface area contributed by atoms with Crippen molar-refractivity contribution in [2.24, 2.45) is 0 Å². The molecule has 1 aliphatic rings. The van der Waals surface area contributed by atoms with Gasteiger partial charge in [-0.2, -0.15) is 0 Å². The maximum Gasteiger partial charge on any atom is 0.342 e. The molecule has 0 saturated carbocycles. The summed E-state index contributed by atoms with van der Waals surface area (Å²) in [5, 5.41) is 0.852. The predicted molar refractivity (Wildman–Crippen MR) is 136 cm³/mol. The molecule has 2 aromatic carbocycles. The predicted octanol–water partition coefficient (Wildman–Crippen LogP) is 4.67. The Bertz CT molecular complexity index is 1390. The molecule has 0 saturated heterocycles. The van der Waals surface area contributed by atoms with E-state index in [-0.39, 0.29) is 21.7 Å². The number of sulfonamides is 1. The second-order valence-corrected chi connectivity index (χ2v) is 10.1. The van der Waals surface area contributed by atoms with Crippen molar-refractivity contribution in [2.45, 2.75) is 38.1 Å². The van der Waals surface area contributed by atoms with E-state index in [0.29, 0.717) is 12.1 Å². The molecule has 0 unspecified atom stereocenters. The SMILES string of the molecule is CCN(CC)CC=Cc1cc(F)ccc1S(=O)(=O)Nc1ccc2cc3n(c2c1C(=O)OC)CCC3. The summed E-state index contributed by atoms with van der Waals surface area (Å²) in [6.07, 6.45) is 5.28. The fourth-order valence-corrected chi connectivity index (χ4v) is 5.85. The Hall–Kier alpha value is -3.17. The van der Waals surface area contributed by atoms with Crippen LogP contribution >= 0.6 is 0 Å². The number of methoxy groups -OCH3 is 1. The summed E-state index contributed by atoms with van der Waals surface area (Å²) in [6.45, 7) is 7.13. The molecule has 186 valence electrons. The summed E-state index contributed by atoms with van der Waals surface area (Å²) in [5.41, 5.74) is 2.28. The summed E-state index contributed by atoms with van der Waals surface area (Å²) >= 11 is 0. The molecule has 0 bridgehead atoms. The van der Waals surface area contributed by atoms with Gasteiger partial charge in [0.25, 0.3) is 10.0 Å². The van der Waals surface area contributed by atoms with Gasteiger partial charge in [-0.25, -0.2) is 17.6 Å². The monoisotopic (exact) mass is 499 g/mol. The van der Waals surface area contributed by atoms with E-state index < -0.39 is 21.8 Å². The van der Waals surface area contributed by atoms with Gasteiger partial charge in [0.05, 0.1) is 23.2 Å². The van der Waals surface area contributed by atoms with Crippen molar-refractivity contribution in [3.05, 3.63) is 65.1 Å². The highest BCUT2D eigenvalue weighted by atomic mass is 32.2. The molecule has 1 N–H and O–H groups in total. The Labute approximate surface area is 205 Å². The number of carbonyl (C=O) groups excluding carboxylic acids is 1. The average molecular weight is 500 g/mol. The zero-order valence-corrected chi connectivity index (χ0v) is 21.0. The van der Waals surface area contributed by atoms with Crippen LogP contribution in [-0.4, -0.2) is 50.6 Å². The molecule has 1 aromatic heterocycles. The largest absolute Gasteiger partial charge is 0.465 e. The Morgan fingerprint density at radius 1 is 1.20 bits per heavy atom. The number of hydrogen-bond acceptors (Lipinski definition) is 5. The first-order valence-corrected chi connectivity index (χ1v) is 13.2. The van der Waals surface area contributed by atoms with Gasteiger partial charge < -0.3 is 14.2 Å². The maximum atomic E-state index is 14.0. The fraction of sp³-hybridized carbons (Fsp3) is 0.346. The van der Waals surface area contributed by atoms with E-state index in [9.17, 15) is 17.6 Å². The lowest BCUT2D eigenvalue weighted by atomic mass is 10.1. The molecule has 7 nitrogen and oxygen atoms in total. The van der Waals surface area contributed by atoms with Gasteiger partial charge in [-0.3, -0.25) is 4.72 Å². The molecule has 0 amide bonds. The standard InChI is InChI=1S/C26H30FN3O4S/c1-4-29(5-2)14-6-8-18-16-20(27)11-13-23(18)35(32,33)28-22-12-10-19-17-21-9-7-15-30(21)25(19)24(22)26(31)34-3/h6,8,10-13,16-17,28H,4-5,7,9,14-15H2,1-3H3. The smallest absolute Gasteiger partial charge is 0.342 e. The second kappa shape index (κ2) is 10.2. The first kappa shape index (κ1) is 24.9. The summed E-state index contributed by atoms with van der Waals surface area (Å²) in [6, 6.07) is 8.92. The van der Waals surface area contributed by atoms with Crippen LogP contribution in [0, 0.1) is 5.82 Å². The van der Waals surface area contributed by atoms with Gasteiger partial charge in [0, 0.05) is 24.2 Å². The third-order valence-corrected chi connectivity index (χ3v) is 7.85. The van der Waals surface area contributed by atoms with Gasteiger partial charge in [-0.05, 0) is 61.8 Å². The van der Waals surface area contributed by atoms with E-state index in [1.54, 1.807) is 18.2 Å². The molecule has 2 heterocycles. The van der Waals surface area contributed by atoms with E-state index in [1.165, 1.54) is 19.2 Å². The number of nitrogens with one attached hydrogen (secondary N) is 1. The number of aromatic nitrogens is 1. The van der Waals surface area contributed by atoms with E-state index in [2.05, 4.69) is 9.62 Å². The molecule has 0 spiro atoms.